The summed E-state index contributed by atoms with van der Waals surface area (Å²) in [6.07, 6.45) is 0.959. The number of phenolic OH excluding ortho intramolecular Hbond substituents is 1. The van der Waals surface area contributed by atoms with Gasteiger partial charge in [0.05, 0.1) is 0 Å². The quantitative estimate of drug-likeness (QED) is 0.583. The van der Waals surface area contributed by atoms with Crippen LogP contribution < -0.4 is 5.73 Å². The molecule has 1 aliphatic carbocycles. The molecule has 3 N–H and O–H groups in total. The standard InChI is InChI=1S/C20H17NO/c21-12-15-10-14(8-9-20(15)22)17-6-3-7-18-16-5-2-1-4-13(16)11-19(17)18/h1-10,22H,11-12,21H2. The molecule has 0 aromatic heterocycles. The lowest BCUT2D eigenvalue weighted by Gasteiger charge is -2.11. The minimum absolute atomic E-state index is 0.266. The smallest absolute Gasteiger partial charge is 0.120 e. The van der Waals surface area contributed by atoms with E-state index in [1.165, 1.54) is 27.8 Å². The van der Waals surface area contributed by atoms with E-state index in [0.29, 0.717) is 6.54 Å². The molecule has 0 amide bonds. The molecular weight excluding hydrogens is 270 g/mol. The highest BCUT2D eigenvalue weighted by Gasteiger charge is 2.21. The molecule has 0 unspecified atom stereocenters. The first-order valence-electron chi connectivity index (χ1n) is 7.50. The van der Waals surface area contributed by atoms with Crippen LogP contribution >= 0.6 is 0 Å². The van der Waals surface area contributed by atoms with Crippen LogP contribution in [0.2, 0.25) is 0 Å². The molecule has 0 atom stereocenters. The van der Waals surface area contributed by atoms with Crippen molar-refractivity contribution in [3.05, 3.63) is 77.4 Å². The van der Waals surface area contributed by atoms with Gasteiger partial charge < -0.3 is 10.8 Å². The number of rotatable bonds is 2. The fourth-order valence-corrected chi connectivity index (χ4v) is 3.34. The topological polar surface area (TPSA) is 46.2 Å². The Kier molecular flexibility index (Phi) is 2.98. The van der Waals surface area contributed by atoms with Crippen molar-refractivity contribution in [3.8, 4) is 28.0 Å². The van der Waals surface area contributed by atoms with Gasteiger partial charge in [0.25, 0.3) is 0 Å². The van der Waals surface area contributed by atoms with Crippen LogP contribution in [0.15, 0.2) is 60.7 Å². The predicted octanol–water partition coefficient (Wildman–Crippen LogP) is 4.09. The van der Waals surface area contributed by atoms with Crippen molar-refractivity contribution in [1.29, 1.82) is 0 Å². The molecule has 108 valence electrons. The van der Waals surface area contributed by atoms with E-state index in [-0.39, 0.29) is 5.75 Å². The number of hydrogen-bond acceptors (Lipinski definition) is 2. The van der Waals surface area contributed by atoms with Gasteiger partial charge in [0.15, 0.2) is 0 Å². The molecule has 3 aromatic rings. The zero-order valence-corrected chi connectivity index (χ0v) is 12.2. The summed E-state index contributed by atoms with van der Waals surface area (Å²) >= 11 is 0. The Morgan fingerprint density at radius 3 is 2.50 bits per heavy atom. The van der Waals surface area contributed by atoms with Gasteiger partial charge >= 0.3 is 0 Å². The van der Waals surface area contributed by atoms with E-state index in [1.807, 2.05) is 12.1 Å². The first kappa shape index (κ1) is 13.1. The molecule has 1 aliphatic rings. The third-order valence-electron chi connectivity index (χ3n) is 4.46. The Morgan fingerprint density at radius 2 is 1.64 bits per heavy atom. The number of phenols is 1. The fraction of sp³-hybridized carbons (Fsp3) is 0.100. The van der Waals surface area contributed by atoms with Crippen LogP contribution in [0.5, 0.6) is 5.75 Å². The Labute approximate surface area is 129 Å². The summed E-state index contributed by atoms with van der Waals surface area (Å²) in [5.41, 5.74) is 14.2. The molecule has 0 bridgehead atoms. The largest absolute Gasteiger partial charge is 0.508 e. The molecule has 0 aliphatic heterocycles. The lowest BCUT2D eigenvalue weighted by atomic mass is 9.94. The monoisotopic (exact) mass is 287 g/mol. The van der Waals surface area contributed by atoms with Crippen molar-refractivity contribution >= 4 is 0 Å². The number of benzene rings is 3. The number of nitrogens with two attached hydrogens (primary N) is 1. The van der Waals surface area contributed by atoms with Crippen molar-refractivity contribution < 1.29 is 5.11 Å². The van der Waals surface area contributed by atoms with Gasteiger partial charge in [-0.3, -0.25) is 0 Å². The van der Waals surface area contributed by atoms with Crippen LogP contribution in [-0.2, 0) is 13.0 Å². The van der Waals surface area contributed by atoms with Gasteiger partial charge in [-0.25, -0.2) is 0 Å². The van der Waals surface area contributed by atoms with Crippen molar-refractivity contribution in [2.45, 2.75) is 13.0 Å². The summed E-state index contributed by atoms with van der Waals surface area (Å²) in [5.74, 6) is 0.266. The summed E-state index contributed by atoms with van der Waals surface area (Å²) in [6.45, 7) is 0.342. The highest BCUT2D eigenvalue weighted by atomic mass is 16.3. The zero-order chi connectivity index (χ0) is 15.1. The van der Waals surface area contributed by atoms with Crippen LogP contribution in [-0.4, -0.2) is 5.11 Å². The fourth-order valence-electron chi connectivity index (χ4n) is 3.34. The average Bonchev–Trinajstić information content (AvgIpc) is 2.94. The number of fused-ring (bicyclic) bond motifs is 3. The van der Waals surface area contributed by atoms with E-state index < -0.39 is 0 Å². The zero-order valence-electron chi connectivity index (χ0n) is 12.2. The average molecular weight is 287 g/mol. The molecule has 3 aromatic carbocycles. The lowest BCUT2D eigenvalue weighted by Crippen LogP contribution is -1.97. The molecule has 0 saturated heterocycles. The van der Waals surface area contributed by atoms with Gasteiger partial charge in [0.2, 0.25) is 0 Å². The SMILES string of the molecule is NCc1cc(-c2cccc3c2Cc2ccccc2-3)ccc1O. The second-order valence-electron chi connectivity index (χ2n) is 5.71. The summed E-state index contributed by atoms with van der Waals surface area (Å²) in [5, 5.41) is 9.84. The lowest BCUT2D eigenvalue weighted by molar-refractivity contribution is 0.468. The molecule has 2 nitrogen and oxygen atoms in total. The van der Waals surface area contributed by atoms with Crippen LogP contribution in [0.1, 0.15) is 16.7 Å². The Balaban J connectivity index is 1.89. The van der Waals surface area contributed by atoms with E-state index >= 15 is 0 Å². The van der Waals surface area contributed by atoms with Crippen molar-refractivity contribution in [2.24, 2.45) is 5.73 Å². The molecule has 0 fully saturated rings. The first-order chi connectivity index (χ1) is 10.8. The van der Waals surface area contributed by atoms with Gasteiger partial charge in [0.1, 0.15) is 5.75 Å². The molecule has 0 heterocycles. The number of aromatic hydroxyl groups is 1. The highest BCUT2D eigenvalue weighted by Crippen LogP contribution is 2.41. The van der Waals surface area contributed by atoms with Crippen LogP contribution in [0.25, 0.3) is 22.3 Å². The van der Waals surface area contributed by atoms with E-state index in [2.05, 4.69) is 42.5 Å². The van der Waals surface area contributed by atoms with Gasteiger partial charge in [0, 0.05) is 12.1 Å². The molecule has 2 heteroatoms. The summed E-state index contributed by atoms with van der Waals surface area (Å²) in [4.78, 5) is 0. The Morgan fingerprint density at radius 1 is 0.864 bits per heavy atom. The van der Waals surface area contributed by atoms with E-state index in [1.54, 1.807) is 6.07 Å². The van der Waals surface area contributed by atoms with Crippen LogP contribution in [0.4, 0.5) is 0 Å². The van der Waals surface area contributed by atoms with Gasteiger partial charge in [-0.05, 0) is 51.9 Å². The molecular formula is C20H17NO. The van der Waals surface area contributed by atoms with Crippen LogP contribution in [0.3, 0.4) is 0 Å². The maximum atomic E-state index is 9.84. The van der Waals surface area contributed by atoms with E-state index in [4.69, 9.17) is 5.73 Å². The van der Waals surface area contributed by atoms with Crippen molar-refractivity contribution in [2.75, 3.05) is 0 Å². The van der Waals surface area contributed by atoms with E-state index in [0.717, 1.165) is 17.5 Å². The molecule has 0 saturated carbocycles. The Hall–Kier alpha value is -2.58. The maximum absolute atomic E-state index is 9.84. The van der Waals surface area contributed by atoms with E-state index in [9.17, 15) is 5.11 Å². The Bertz CT molecular complexity index is 867. The minimum Gasteiger partial charge on any atom is -0.508 e. The maximum Gasteiger partial charge on any atom is 0.120 e. The predicted molar refractivity (Wildman–Crippen MR) is 89.7 cm³/mol. The van der Waals surface area contributed by atoms with Gasteiger partial charge in [-0.2, -0.15) is 0 Å². The highest BCUT2D eigenvalue weighted by molar-refractivity contribution is 5.85. The number of hydrogen-bond donors (Lipinski definition) is 2. The summed E-state index contributed by atoms with van der Waals surface area (Å²) in [6, 6.07) is 20.7. The molecule has 4 rings (SSSR count). The van der Waals surface area contributed by atoms with Crippen molar-refractivity contribution in [3.63, 3.8) is 0 Å². The van der Waals surface area contributed by atoms with Crippen LogP contribution in [0, 0.1) is 0 Å². The molecule has 22 heavy (non-hydrogen) atoms. The summed E-state index contributed by atoms with van der Waals surface area (Å²) < 4.78 is 0. The molecule has 0 radical (unpaired) electrons. The molecule has 0 spiro atoms. The van der Waals surface area contributed by atoms with Crippen molar-refractivity contribution in [1.82, 2.24) is 0 Å². The second kappa shape index (κ2) is 5.00. The first-order valence-corrected chi connectivity index (χ1v) is 7.50. The minimum atomic E-state index is 0.266. The van der Waals surface area contributed by atoms with Gasteiger partial charge in [-0.1, -0.05) is 48.5 Å². The normalized spacial score (nSPS) is 12.0. The summed E-state index contributed by atoms with van der Waals surface area (Å²) in [7, 11) is 0. The third-order valence-corrected chi connectivity index (χ3v) is 4.46. The van der Waals surface area contributed by atoms with Gasteiger partial charge in [-0.15, -0.1) is 0 Å². The second-order valence-corrected chi connectivity index (χ2v) is 5.71. The third kappa shape index (κ3) is 1.92.